The number of hydrogen-bond donors (Lipinski definition) is 0. The van der Waals surface area contributed by atoms with Crippen molar-refractivity contribution in [3.63, 3.8) is 0 Å². The van der Waals surface area contributed by atoms with Crippen LogP contribution in [0.3, 0.4) is 0 Å². The average Bonchev–Trinajstić information content (AvgIpc) is 2.72. The van der Waals surface area contributed by atoms with Crippen molar-refractivity contribution in [3.05, 3.63) is 59.7 Å². The molecule has 2 aromatic carbocycles. The van der Waals surface area contributed by atoms with Crippen LogP contribution in [0.2, 0.25) is 0 Å². The highest BCUT2D eigenvalue weighted by Crippen LogP contribution is 2.47. The van der Waals surface area contributed by atoms with Gasteiger partial charge in [-0.1, -0.05) is 30.8 Å². The molecule has 0 saturated heterocycles. The third-order valence-corrected chi connectivity index (χ3v) is 3.32. The van der Waals surface area contributed by atoms with Gasteiger partial charge in [0.05, 0.1) is 7.11 Å². The highest BCUT2D eigenvalue weighted by molar-refractivity contribution is 6.03. The second-order valence-electron chi connectivity index (χ2n) is 4.29. The molecule has 0 amide bonds. The Morgan fingerprint density at radius 1 is 1.11 bits per heavy atom. The molecule has 0 unspecified atom stereocenters. The van der Waals surface area contributed by atoms with E-state index in [-0.39, 0.29) is 0 Å². The Morgan fingerprint density at radius 3 is 2.50 bits per heavy atom. The van der Waals surface area contributed by atoms with E-state index in [1.165, 1.54) is 0 Å². The van der Waals surface area contributed by atoms with E-state index < -0.39 is 0 Å². The van der Waals surface area contributed by atoms with E-state index in [0.29, 0.717) is 11.3 Å². The highest BCUT2D eigenvalue weighted by atomic mass is 16.5. The first kappa shape index (κ1) is 10.8. The van der Waals surface area contributed by atoms with E-state index in [1.807, 2.05) is 30.3 Å². The van der Waals surface area contributed by atoms with Crippen LogP contribution in [0.15, 0.2) is 43.0 Å². The summed E-state index contributed by atoms with van der Waals surface area (Å²) in [5.74, 6) is 0.704. The number of carbonyl (C=O) groups is 1. The molecule has 0 saturated carbocycles. The Labute approximate surface area is 106 Å². The minimum Gasteiger partial charge on any atom is -0.496 e. The van der Waals surface area contributed by atoms with E-state index in [4.69, 9.17) is 4.74 Å². The van der Waals surface area contributed by atoms with Gasteiger partial charge in [0.25, 0.3) is 0 Å². The zero-order chi connectivity index (χ0) is 12.7. The molecule has 0 aromatic heterocycles. The van der Waals surface area contributed by atoms with E-state index in [1.54, 1.807) is 13.2 Å². The summed E-state index contributed by atoms with van der Waals surface area (Å²) >= 11 is 0. The molecule has 0 heterocycles. The van der Waals surface area contributed by atoms with Crippen LogP contribution in [0.1, 0.15) is 21.5 Å². The Bertz CT molecular complexity index is 669. The quantitative estimate of drug-likeness (QED) is 0.636. The zero-order valence-corrected chi connectivity index (χ0v) is 10.1. The molecule has 2 aromatic rings. The molecule has 2 nitrogen and oxygen atoms in total. The van der Waals surface area contributed by atoms with Crippen LogP contribution in [0.5, 0.6) is 5.75 Å². The molecule has 88 valence electrons. The first-order valence-electron chi connectivity index (χ1n) is 5.72. The number of rotatable bonds is 2. The minimum absolute atomic E-state index is 0.620. The number of methoxy groups -OCH3 is 1. The lowest BCUT2D eigenvalue weighted by Crippen LogP contribution is -1.92. The summed E-state index contributed by atoms with van der Waals surface area (Å²) in [6.07, 6.45) is 0.840. The summed E-state index contributed by atoms with van der Waals surface area (Å²) in [5, 5.41) is 0. The average molecular weight is 236 g/mol. The number of fused-ring (bicyclic) bond motifs is 3. The topological polar surface area (TPSA) is 26.3 Å². The molecular weight excluding hydrogens is 224 g/mol. The maximum atomic E-state index is 11.0. The van der Waals surface area contributed by atoms with Gasteiger partial charge in [0, 0.05) is 11.1 Å². The maximum Gasteiger partial charge on any atom is 0.150 e. The van der Waals surface area contributed by atoms with Crippen LogP contribution in [0.4, 0.5) is 0 Å². The van der Waals surface area contributed by atoms with Crippen LogP contribution in [-0.2, 0) is 0 Å². The minimum atomic E-state index is 0.620. The Balaban J connectivity index is 2.38. The molecule has 0 N–H and O–H groups in total. The van der Waals surface area contributed by atoms with Gasteiger partial charge in [0.2, 0.25) is 0 Å². The summed E-state index contributed by atoms with van der Waals surface area (Å²) in [7, 11) is 1.61. The van der Waals surface area contributed by atoms with Crippen molar-refractivity contribution < 1.29 is 9.53 Å². The normalized spacial score (nSPS) is 11.9. The van der Waals surface area contributed by atoms with Crippen molar-refractivity contribution in [1.29, 1.82) is 0 Å². The Kier molecular flexibility index (Phi) is 2.30. The third-order valence-electron chi connectivity index (χ3n) is 3.32. The number of hydrogen-bond acceptors (Lipinski definition) is 2. The molecule has 0 atom stereocenters. The number of carbonyl (C=O) groups excluding carboxylic acids is 1. The fourth-order valence-corrected chi connectivity index (χ4v) is 2.51. The molecule has 0 bridgehead atoms. The molecule has 0 spiro atoms. The van der Waals surface area contributed by atoms with Crippen molar-refractivity contribution in [3.8, 4) is 16.9 Å². The fraction of sp³-hybridized carbons (Fsp3) is 0.0625. The Morgan fingerprint density at radius 2 is 1.83 bits per heavy atom. The summed E-state index contributed by atoms with van der Waals surface area (Å²) < 4.78 is 5.38. The molecule has 18 heavy (non-hydrogen) atoms. The smallest absolute Gasteiger partial charge is 0.150 e. The number of aldehydes is 1. The zero-order valence-electron chi connectivity index (χ0n) is 10.1. The van der Waals surface area contributed by atoms with Gasteiger partial charge in [0.1, 0.15) is 12.0 Å². The van der Waals surface area contributed by atoms with Crippen LogP contribution in [0, 0.1) is 0 Å². The highest BCUT2D eigenvalue weighted by Gasteiger charge is 2.25. The third kappa shape index (κ3) is 1.32. The Hall–Kier alpha value is -2.35. The summed E-state index contributed by atoms with van der Waals surface area (Å²) in [5.41, 5.74) is 5.81. The first-order valence-corrected chi connectivity index (χ1v) is 5.72. The predicted octanol–water partition coefficient (Wildman–Crippen LogP) is 3.55. The summed E-state index contributed by atoms with van der Waals surface area (Å²) in [6, 6.07) is 11.7. The number of benzene rings is 2. The van der Waals surface area contributed by atoms with E-state index in [9.17, 15) is 4.79 Å². The number of ether oxygens (including phenoxy) is 1. The maximum absolute atomic E-state index is 11.0. The fourth-order valence-electron chi connectivity index (χ4n) is 2.51. The van der Waals surface area contributed by atoms with E-state index >= 15 is 0 Å². The first-order chi connectivity index (χ1) is 8.76. The van der Waals surface area contributed by atoms with Gasteiger partial charge < -0.3 is 4.74 Å². The van der Waals surface area contributed by atoms with Crippen molar-refractivity contribution in [1.82, 2.24) is 0 Å². The SMILES string of the molecule is C=C1c2ccccc2-c2cc(C=O)cc(OC)c21. The van der Waals surface area contributed by atoms with Crippen LogP contribution >= 0.6 is 0 Å². The van der Waals surface area contributed by atoms with Crippen LogP contribution in [0.25, 0.3) is 16.7 Å². The molecule has 0 radical (unpaired) electrons. The van der Waals surface area contributed by atoms with Gasteiger partial charge in [-0.25, -0.2) is 0 Å². The van der Waals surface area contributed by atoms with Crippen molar-refractivity contribution in [2.75, 3.05) is 7.11 Å². The van der Waals surface area contributed by atoms with E-state index in [0.717, 1.165) is 34.1 Å². The lowest BCUT2D eigenvalue weighted by atomic mass is 10.0. The molecule has 1 aliphatic carbocycles. The molecule has 0 fully saturated rings. The van der Waals surface area contributed by atoms with Crippen LogP contribution in [-0.4, -0.2) is 13.4 Å². The van der Waals surface area contributed by atoms with Crippen molar-refractivity contribution in [2.45, 2.75) is 0 Å². The van der Waals surface area contributed by atoms with Gasteiger partial charge in [-0.15, -0.1) is 0 Å². The molecule has 0 aliphatic heterocycles. The second-order valence-corrected chi connectivity index (χ2v) is 4.29. The standard InChI is InChI=1S/C16H12O2/c1-10-12-5-3-4-6-13(12)14-7-11(9-17)8-15(18-2)16(10)14/h3-9H,1H2,2H3. The molecule has 2 heteroatoms. The van der Waals surface area contributed by atoms with Gasteiger partial charge in [-0.05, 0) is 34.4 Å². The van der Waals surface area contributed by atoms with Crippen molar-refractivity contribution in [2.24, 2.45) is 0 Å². The lowest BCUT2D eigenvalue weighted by Gasteiger charge is -2.09. The van der Waals surface area contributed by atoms with Gasteiger partial charge in [-0.2, -0.15) is 0 Å². The van der Waals surface area contributed by atoms with Crippen molar-refractivity contribution >= 4 is 11.9 Å². The summed E-state index contributed by atoms with van der Waals surface area (Å²) in [4.78, 5) is 11.0. The van der Waals surface area contributed by atoms with Crippen LogP contribution < -0.4 is 4.74 Å². The molecule has 1 aliphatic rings. The summed E-state index contributed by atoms with van der Waals surface area (Å²) in [6.45, 7) is 4.13. The molecular formula is C16H12O2. The predicted molar refractivity (Wildman–Crippen MR) is 72.0 cm³/mol. The van der Waals surface area contributed by atoms with Gasteiger partial charge >= 0.3 is 0 Å². The largest absolute Gasteiger partial charge is 0.496 e. The van der Waals surface area contributed by atoms with Gasteiger partial charge in [-0.3, -0.25) is 4.79 Å². The monoisotopic (exact) mass is 236 g/mol. The van der Waals surface area contributed by atoms with Gasteiger partial charge in [0.15, 0.2) is 0 Å². The second kappa shape index (κ2) is 3.84. The lowest BCUT2D eigenvalue weighted by molar-refractivity contribution is 0.112. The molecule has 3 rings (SSSR count). The van der Waals surface area contributed by atoms with E-state index in [2.05, 4.69) is 6.58 Å².